The molecule has 2 atom stereocenters. The second kappa shape index (κ2) is 6.37. The number of hydrogen-bond donors (Lipinski definition) is 1. The molecular weight excluding hydrogens is 286 g/mol. The van der Waals surface area contributed by atoms with Gasteiger partial charge in [-0.05, 0) is 37.4 Å². The summed E-state index contributed by atoms with van der Waals surface area (Å²) in [5.41, 5.74) is 1.10. The van der Waals surface area contributed by atoms with Crippen LogP contribution in [-0.2, 0) is 0 Å². The lowest BCUT2D eigenvalue weighted by molar-refractivity contribution is 0.0704. The summed E-state index contributed by atoms with van der Waals surface area (Å²) in [7, 11) is 1.94. The molecule has 21 heavy (non-hydrogen) atoms. The van der Waals surface area contributed by atoms with E-state index >= 15 is 0 Å². The maximum Gasteiger partial charge on any atom is 0.135 e. The van der Waals surface area contributed by atoms with Crippen molar-refractivity contribution in [3.8, 4) is 11.5 Å². The molecule has 0 bridgehead atoms. The van der Waals surface area contributed by atoms with Gasteiger partial charge in [0.2, 0.25) is 0 Å². The lowest BCUT2D eigenvalue weighted by Gasteiger charge is -2.33. The lowest BCUT2D eigenvalue weighted by Crippen LogP contribution is -2.35. The summed E-state index contributed by atoms with van der Waals surface area (Å²) in [5, 5.41) is 3.92. The molecule has 0 saturated heterocycles. The second-order valence-electron chi connectivity index (χ2n) is 5.16. The SMILES string of the molecule is CNC[C@H]1COc2ccccc2[C@H]1Oc1ccc(Cl)cc1. The van der Waals surface area contributed by atoms with Crippen LogP contribution in [0.5, 0.6) is 11.5 Å². The van der Waals surface area contributed by atoms with E-state index in [2.05, 4.69) is 11.4 Å². The number of ether oxygens (including phenoxy) is 2. The van der Waals surface area contributed by atoms with E-state index < -0.39 is 0 Å². The van der Waals surface area contributed by atoms with Crippen molar-refractivity contribution >= 4 is 11.6 Å². The van der Waals surface area contributed by atoms with Crippen molar-refractivity contribution in [3.05, 3.63) is 59.1 Å². The zero-order chi connectivity index (χ0) is 14.7. The lowest BCUT2D eigenvalue weighted by atomic mass is 9.93. The molecule has 4 heteroatoms. The molecule has 0 unspecified atom stereocenters. The predicted octanol–water partition coefficient (Wildman–Crippen LogP) is 3.69. The summed E-state index contributed by atoms with van der Waals surface area (Å²) in [6, 6.07) is 15.5. The van der Waals surface area contributed by atoms with Gasteiger partial charge in [0.1, 0.15) is 17.6 Å². The first-order chi connectivity index (χ1) is 10.3. The molecule has 110 valence electrons. The van der Waals surface area contributed by atoms with Crippen molar-refractivity contribution in [1.82, 2.24) is 5.32 Å². The molecule has 0 saturated carbocycles. The maximum atomic E-state index is 6.22. The van der Waals surface area contributed by atoms with Crippen molar-refractivity contribution in [2.45, 2.75) is 6.10 Å². The molecule has 0 radical (unpaired) electrons. The van der Waals surface area contributed by atoms with Crippen molar-refractivity contribution in [2.75, 3.05) is 20.2 Å². The van der Waals surface area contributed by atoms with Crippen LogP contribution in [0.2, 0.25) is 5.02 Å². The number of hydrogen-bond acceptors (Lipinski definition) is 3. The largest absolute Gasteiger partial charge is 0.493 e. The van der Waals surface area contributed by atoms with E-state index in [-0.39, 0.29) is 12.0 Å². The van der Waals surface area contributed by atoms with Crippen LogP contribution in [0, 0.1) is 5.92 Å². The van der Waals surface area contributed by atoms with Crippen LogP contribution in [0.4, 0.5) is 0 Å². The molecule has 2 aromatic rings. The Bertz CT molecular complexity index is 600. The van der Waals surface area contributed by atoms with Crippen molar-refractivity contribution < 1.29 is 9.47 Å². The van der Waals surface area contributed by atoms with Crippen molar-refractivity contribution in [3.63, 3.8) is 0 Å². The third kappa shape index (κ3) is 3.14. The Labute approximate surface area is 129 Å². The van der Waals surface area contributed by atoms with Crippen LogP contribution < -0.4 is 14.8 Å². The second-order valence-corrected chi connectivity index (χ2v) is 5.60. The van der Waals surface area contributed by atoms with Crippen LogP contribution in [0.25, 0.3) is 0 Å². The van der Waals surface area contributed by atoms with Gasteiger partial charge >= 0.3 is 0 Å². The fraction of sp³-hybridized carbons (Fsp3) is 0.294. The van der Waals surface area contributed by atoms with E-state index in [0.29, 0.717) is 11.6 Å². The van der Waals surface area contributed by atoms with Crippen LogP contribution in [0.1, 0.15) is 11.7 Å². The fourth-order valence-electron chi connectivity index (χ4n) is 2.63. The molecule has 0 spiro atoms. The molecule has 1 N–H and O–H groups in total. The van der Waals surface area contributed by atoms with Gasteiger partial charge in [-0.15, -0.1) is 0 Å². The highest BCUT2D eigenvalue weighted by molar-refractivity contribution is 6.30. The molecule has 0 amide bonds. The monoisotopic (exact) mass is 303 g/mol. The van der Waals surface area contributed by atoms with Crippen LogP contribution in [0.3, 0.4) is 0 Å². The van der Waals surface area contributed by atoms with Crippen LogP contribution >= 0.6 is 11.6 Å². The standard InChI is InChI=1S/C17H18ClNO2/c1-19-10-12-11-20-16-5-3-2-4-15(16)17(12)21-14-8-6-13(18)7-9-14/h2-9,12,17,19H,10-11H2,1H3/t12-,17-/m0/s1. The molecule has 2 aromatic carbocycles. The number of halogens is 1. The summed E-state index contributed by atoms with van der Waals surface area (Å²) in [5.74, 6) is 1.99. The Morgan fingerprint density at radius 3 is 2.71 bits per heavy atom. The van der Waals surface area contributed by atoms with E-state index in [4.69, 9.17) is 21.1 Å². The Morgan fingerprint density at radius 1 is 1.19 bits per heavy atom. The summed E-state index contributed by atoms with van der Waals surface area (Å²) in [6.45, 7) is 1.49. The van der Waals surface area contributed by atoms with Crippen molar-refractivity contribution in [1.29, 1.82) is 0 Å². The Hall–Kier alpha value is -1.71. The van der Waals surface area contributed by atoms with Gasteiger partial charge in [-0.25, -0.2) is 0 Å². The molecule has 3 rings (SSSR count). The normalized spacial score (nSPS) is 20.5. The zero-order valence-electron chi connectivity index (χ0n) is 11.9. The predicted molar refractivity (Wildman–Crippen MR) is 84.2 cm³/mol. The summed E-state index contributed by atoms with van der Waals surface area (Å²) in [6.07, 6.45) is -0.0245. The molecule has 0 fully saturated rings. The van der Waals surface area contributed by atoms with Crippen LogP contribution in [-0.4, -0.2) is 20.2 Å². The minimum atomic E-state index is -0.0245. The molecule has 0 aliphatic carbocycles. The first-order valence-corrected chi connectivity index (χ1v) is 7.44. The highest BCUT2D eigenvalue weighted by Gasteiger charge is 2.32. The molecule has 1 aliphatic rings. The number of nitrogens with one attached hydrogen (secondary N) is 1. The number of fused-ring (bicyclic) bond motifs is 1. The average molecular weight is 304 g/mol. The Balaban J connectivity index is 1.89. The van der Waals surface area contributed by atoms with Gasteiger partial charge in [0.25, 0.3) is 0 Å². The molecule has 0 aromatic heterocycles. The maximum absolute atomic E-state index is 6.22. The number of benzene rings is 2. The topological polar surface area (TPSA) is 30.5 Å². The average Bonchev–Trinajstić information content (AvgIpc) is 2.52. The highest BCUT2D eigenvalue weighted by Crippen LogP contribution is 2.38. The number of rotatable bonds is 4. The summed E-state index contributed by atoms with van der Waals surface area (Å²) >= 11 is 5.93. The number of para-hydroxylation sites is 1. The summed E-state index contributed by atoms with van der Waals surface area (Å²) in [4.78, 5) is 0. The molecule has 1 heterocycles. The molecule has 3 nitrogen and oxygen atoms in total. The first kappa shape index (κ1) is 14.2. The van der Waals surface area contributed by atoms with Gasteiger partial charge in [0.05, 0.1) is 6.61 Å². The van der Waals surface area contributed by atoms with Gasteiger partial charge in [0, 0.05) is 23.0 Å². The van der Waals surface area contributed by atoms with Gasteiger partial charge in [-0.1, -0.05) is 29.8 Å². The van der Waals surface area contributed by atoms with Gasteiger partial charge < -0.3 is 14.8 Å². The molecular formula is C17H18ClNO2. The smallest absolute Gasteiger partial charge is 0.135 e. The fourth-order valence-corrected chi connectivity index (χ4v) is 2.76. The van der Waals surface area contributed by atoms with E-state index in [9.17, 15) is 0 Å². The molecule has 1 aliphatic heterocycles. The van der Waals surface area contributed by atoms with Gasteiger partial charge in [-0.2, -0.15) is 0 Å². The zero-order valence-corrected chi connectivity index (χ0v) is 12.6. The Kier molecular flexibility index (Phi) is 4.32. The third-order valence-electron chi connectivity index (χ3n) is 3.65. The highest BCUT2D eigenvalue weighted by atomic mass is 35.5. The van der Waals surface area contributed by atoms with E-state index in [1.807, 2.05) is 49.5 Å². The third-order valence-corrected chi connectivity index (χ3v) is 3.90. The minimum absolute atomic E-state index is 0.0245. The van der Waals surface area contributed by atoms with E-state index in [1.165, 1.54) is 0 Å². The van der Waals surface area contributed by atoms with Crippen LogP contribution in [0.15, 0.2) is 48.5 Å². The first-order valence-electron chi connectivity index (χ1n) is 7.06. The minimum Gasteiger partial charge on any atom is -0.493 e. The van der Waals surface area contributed by atoms with E-state index in [1.54, 1.807) is 0 Å². The quantitative estimate of drug-likeness (QED) is 0.934. The van der Waals surface area contributed by atoms with Gasteiger partial charge in [-0.3, -0.25) is 0 Å². The van der Waals surface area contributed by atoms with Crippen molar-refractivity contribution in [2.24, 2.45) is 5.92 Å². The summed E-state index contributed by atoms with van der Waals surface area (Å²) < 4.78 is 12.1. The Morgan fingerprint density at radius 2 is 1.95 bits per heavy atom. The van der Waals surface area contributed by atoms with Gasteiger partial charge in [0.15, 0.2) is 0 Å². The van der Waals surface area contributed by atoms with E-state index in [0.717, 1.165) is 23.6 Å².